The standard InChI is InChI=1S/C15H24FN3OS/c1-17-15(18-7-4-8-20-2)19-10-12-5-6-14(16)9-13(12)11-21-3/h5-6,9H,4,7-8,10-11H2,1-3H3,(H2,17,18,19). The SMILES string of the molecule is CN=C(NCCCOC)NCc1ccc(F)cc1CSC. The van der Waals surface area contributed by atoms with E-state index in [1.165, 1.54) is 6.07 Å². The Kier molecular flexibility index (Phi) is 8.85. The first kappa shape index (κ1) is 17.8. The minimum atomic E-state index is -0.190. The van der Waals surface area contributed by atoms with Crippen molar-refractivity contribution < 1.29 is 9.13 Å². The van der Waals surface area contributed by atoms with Gasteiger partial charge in [0, 0.05) is 39.6 Å². The molecule has 0 aliphatic carbocycles. The molecule has 118 valence electrons. The second kappa shape index (κ2) is 10.5. The Hall–Kier alpha value is -1.27. The number of thioether (sulfide) groups is 1. The Labute approximate surface area is 130 Å². The van der Waals surface area contributed by atoms with Crippen molar-refractivity contribution in [2.75, 3.05) is 33.6 Å². The van der Waals surface area contributed by atoms with E-state index in [4.69, 9.17) is 4.74 Å². The highest BCUT2D eigenvalue weighted by atomic mass is 32.2. The number of hydrogen-bond acceptors (Lipinski definition) is 3. The Morgan fingerprint density at radius 3 is 2.81 bits per heavy atom. The number of nitrogens with zero attached hydrogens (tertiary/aromatic N) is 1. The third kappa shape index (κ3) is 6.82. The summed E-state index contributed by atoms with van der Waals surface area (Å²) in [5.74, 6) is 1.35. The van der Waals surface area contributed by atoms with Crippen molar-refractivity contribution in [2.24, 2.45) is 4.99 Å². The number of methoxy groups -OCH3 is 1. The van der Waals surface area contributed by atoms with Gasteiger partial charge in [0.25, 0.3) is 0 Å². The lowest BCUT2D eigenvalue weighted by atomic mass is 10.1. The van der Waals surface area contributed by atoms with E-state index < -0.39 is 0 Å². The van der Waals surface area contributed by atoms with Gasteiger partial charge in [-0.05, 0) is 35.9 Å². The van der Waals surface area contributed by atoms with E-state index in [2.05, 4.69) is 15.6 Å². The molecule has 4 nitrogen and oxygen atoms in total. The van der Waals surface area contributed by atoms with Gasteiger partial charge in [0.1, 0.15) is 5.82 Å². The average molecular weight is 313 g/mol. The van der Waals surface area contributed by atoms with Crippen LogP contribution >= 0.6 is 11.8 Å². The first-order valence-corrected chi connectivity index (χ1v) is 8.30. The number of nitrogens with one attached hydrogen (secondary N) is 2. The second-order valence-electron chi connectivity index (χ2n) is 4.54. The van der Waals surface area contributed by atoms with Gasteiger partial charge in [-0.3, -0.25) is 4.99 Å². The fourth-order valence-electron chi connectivity index (χ4n) is 1.88. The average Bonchev–Trinajstić information content (AvgIpc) is 2.48. The number of guanidine groups is 1. The quantitative estimate of drug-likeness (QED) is 0.439. The maximum atomic E-state index is 13.3. The number of rotatable bonds is 8. The van der Waals surface area contributed by atoms with Crippen LogP contribution in [0.15, 0.2) is 23.2 Å². The van der Waals surface area contributed by atoms with Crippen LogP contribution in [0.2, 0.25) is 0 Å². The highest BCUT2D eigenvalue weighted by molar-refractivity contribution is 7.97. The molecule has 0 spiro atoms. The van der Waals surface area contributed by atoms with Crippen LogP contribution in [0.1, 0.15) is 17.5 Å². The third-order valence-electron chi connectivity index (χ3n) is 2.96. The largest absolute Gasteiger partial charge is 0.385 e. The van der Waals surface area contributed by atoms with E-state index in [0.717, 1.165) is 42.4 Å². The van der Waals surface area contributed by atoms with Gasteiger partial charge in [0.2, 0.25) is 0 Å². The predicted octanol–water partition coefficient (Wildman–Crippen LogP) is 2.39. The van der Waals surface area contributed by atoms with Crippen LogP contribution in [0.3, 0.4) is 0 Å². The molecule has 0 unspecified atom stereocenters. The van der Waals surface area contributed by atoms with Gasteiger partial charge < -0.3 is 15.4 Å². The molecule has 0 bridgehead atoms. The molecule has 2 N–H and O–H groups in total. The number of hydrogen-bond donors (Lipinski definition) is 2. The molecule has 0 atom stereocenters. The summed E-state index contributed by atoms with van der Waals surface area (Å²) in [7, 11) is 3.42. The maximum Gasteiger partial charge on any atom is 0.191 e. The molecule has 1 aromatic rings. The van der Waals surface area contributed by atoms with Gasteiger partial charge in [0.05, 0.1) is 0 Å². The van der Waals surface area contributed by atoms with Gasteiger partial charge in [-0.2, -0.15) is 11.8 Å². The highest BCUT2D eigenvalue weighted by Gasteiger charge is 2.05. The minimum Gasteiger partial charge on any atom is -0.385 e. The van der Waals surface area contributed by atoms with Crippen molar-refractivity contribution in [1.82, 2.24) is 10.6 Å². The van der Waals surface area contributed by atoms with E-state index in [9.17, 15) is 4.39 Å². The van der Waals surface area contributed by atoms with E-state index in [0.29, 0.717) is 6.54 Å². The fourth-order valence-corrected chi connectivity index (χ4v) is 2.46. The maximum absolute atomic E-state index is 13.3. The lowest BCUT2D eigenvalue weighted by Gasteiger charge is -2.14. The van der Waals surface area contributed by atoms with Crippen molar-refractivity contribution in [2.45, 2.75) is 18.7 Å². The molecule has 0 amide bonds. The third-order valence-corrected chi connectivity index (χ3v) is 3.56. The van der Waals surface area contributed by atoms with E-state index in [-0.39, 0.29) is 5.82 Å². The van der Waals surface area contributed by atoms with E-state index >= 15 is 0 Å². The van der Waals surface area contributed by atoms with Crippen molar-refractivity contribution >= 4 is 17.7 Å². The zero-order valence-corrected chi connectivity index (χ0v) is 13.7. The van der Waals surface area contributed by atoms with Gasteiger partial charge in [-0.15, -0.1) is 0 Å². The lowest BCUT2D eigenvalue weighted by molar-refractivity contribution is 0.195. The zero-order valence-electron chi connectivity index (χ0n) is 12.9. The molecule has 6 heteroatoms. The molecule has 0 aliphatic heterocycles. The molecule has 0 saturated carbocycles. The Balaban J connectivity index is 2.52. The van der Waals surface area contributed by atoms with E-state index in [1.54, 1.807) is 32.0 Å². The van der Waals surface area contributed by atoms with Gasteiger partial charge in [-0.25, -0.2) is 4.39 Å². The number of aliphatic imine (C=N–C) groups is 1. The van der Waals surface area contributed by atoms with Crippen molar-refractivity contribution in [1.29, 1.82) is 0 Å². The molecule has 0 radical (unpaired) electrons. The normalized spacial score (nSPS) is 11.5. The molecule has 0 aromatic heterocycles. The molecular weight excluding hydrogens is 289 g/mol. The number of benzene rings is 1. The first-order chi connectivity index (χ1) is 10.2. The Bertz CT molecular complexity index is 455. The highest BCUT2D eigenvalue weighted by Crippen LogP contribution is 2.16. The number of halogens is 1. The van der Waals surface area contributed by atoms with Gasteiger partial charge in [-0.1, -0.05) is 6.07 Å². The van der Waals surface area contributed by atoms with Crippen molar-refractivity contribution in [3.8, 4) is 0 Å². The first-order valence-electron chi connectivity index (χ1n) is 6.91. The smallest absolute Gasteiger partial charge is 0.191 e. The van der Waals surface area contributed by atoms with Crippen LogP contribution < -0.4 is 10.6 Å². The Morgan fingerprint density at radius 2 is 2.14 bits per heavy atom. The second-order valence-corrected chi connectivity index (χ2v) is 5.41. The molecule has 0 fully saturated rings. The predicted molar refractivity (Wildman–Crippen MR) is 88.3 cm³/mol. The summed E-state index contributed by atoms with van der Waals surface area (Å²) in [5.41, 5.74) is 2.11. The molecule has 1 rings (SSSR count). The molecule has 0 heterocycles. The zero-order chi connectivity index (χ0) is 15.5. The van der Waals surface area contributed by atoms with Gasteiger partial charge in [0.15, 0.2) is 5.96 Å². The lowest BCUT2D eigenvalue weighted by Crippen LogP contribution is -2.37. The summed E-state index contributed by atoms with van der Waals surface area (Å²) in [6.07, 6.45) is 2.93. The molecule has 0 saturated heterocycles. The Morgan fingerprint density at radius 1 is 1.33 bits per heavy atom. The van der Waals surface area contributed by atoms with Crippen LogP contribution in [0.25, 0.3) is 0 Å². The summed E-state index contributed by atoms with van der Waals surface area (Å²) < 4.78 is 18.3. The topological polar surface area (TPSA) is 45.7 Å². The van der Waals surface area contributed by atoms with Gasteiger partial charge >= 0.3 is 0 Å². The molecule has 1 aromatic carbocycles. The van der Waals surface area contributed by atoms with Crippen LogP contribution in [0, 0.1) is 5.82 Å². The molecule has 21 heavy (non-hydrogen) atoms. The molecular formula is C15H24FN3OS. The van der Waals surface area contributed by atoms with Crippen molar-refractivity contribution in [3.63, 3.8) is 0 Å². The van der Waals surface area contributed by atoms with Crippen molar-refractivity contribution in [3.05, 3.63) is 35.1 Å². The van der Waals surface area contributed by atoms with Crippen LogP contribution in [-0.2, 0) is 17.0 Å². The monoisotopic (exact) mass is 313 g/mol. The summed E-state index contributed by atoms with van der Waals surface area (Å²) in [6, 6.07) is 4.92. The van der Waals surface area contributed by atoms with E-state index in [1.807, 2.05) is 12.3 Å². The fraction of sp³-hybridized carbons (Fsp3) is 0.533. The summed E-state index contributed by atoms with van der Waals surface area (Å²) in [5, 5.41) is 6.46. The number of ether oxygens (including phenoxy) is 1. The summed E-state index contributed by atoms with van der Waals surface area (Å²) in [6.45, 7) is 2.15. The van der Waals surface area contributed by atoms with Crippen LogP contribution in [0.4, 0.5) is 4.39 Å². The van der Waals surface area contributed by atoms with Crippen LogP contribution in [-0.4, -0.2) is 39.5 Å². The van der Waals surface area contributed by atoms with Crippen LogP contribution in [0.5, 0.6) is 0 Å². The minimum absolute atomic E-state index is 0.190. The summed E-state index contributed by atoms with van der Waals surface area (Å²) in [4.78, 5) is 4.17. The summed E-state index contributed by atoms with van der Waals surface area (Å²) >= 11 is 1.68. The molecule has 0 aliphatic rings.